The quantitative estimate of drug-likeness (QED) is 0.549. The third-order valence-electron chi connectivity index (χ3n) is 5.23. The van der Waals surface area contributed by atoms with Gasteiger partial charge in [0.25, 0.3) is 0 Å². The molecule has 6 nitrogen and oxygen atoms in total. The molecule has 1 aliphatic rings. The van der Waals surface area contributed by atoms with Crippen LogP contribution in [0.15, 0.2) is 18.2 Å². The molecule has 0 spiro atoms. The highest BCUT2D eigenvalue weighted by Gasteiger charge is 2.44. The number of hydrogen-bond donors (Lipinski definition) is 0. The Morgan fingerprint density at radius 1 is 1.15 bits per heavy atom. The van der Waals surface area contributed by atoms with Crippen LogP contribution >= 0.6 is 0 Å². The Morgan fingerprint density at radius 3 is 2.35 bits per heavy atom. The van der Waals surface area contributed by atoms with E-state index in [1.165, 1.54) is 14.0 Å². The van der Waals surface area contributed by atoms with Crippen LogP contribution in [0.25, 0.3) is 0 Å². The highest BCUT2D eigenvalue weighted by atomic mass is 16.7. The molecule has 26 heavy (non-hydrogen) atoms. The Bertz CT molecular complexity index is 689. The van der Waals surface area contributed by atoms with Gasteiger partial charge in [0, 0.05) is 31.5 Å². The van der Waals surface area contributed by atoms with Gasteiger partial charge < -0.3 is 9.57 Å². The van der Waals surface area contributed by atoms with Gasteiger partial charge in [-0.15, -0.1) is 0 Å². The summed E-state index contributed by atoms with van der Waals surface area (Å²) in [5.41, 5.74) is 1.59. The second-order valence-electron chi connectivity index (χ2n) is 6.97. The van der Waals surface area contributed by atoms with Gasteiger partial charge in [0.05, 0.1) is 19.6 Å². The molecule has 0 atom stereocenters. The fourth-order valence-electron chi connectivity index (χ4n) is 3.50. The summed E-state index contributed by atoms with van der Waals surface area (Å²) >= 11 is 0. The molecule has 1 saturated heterocycles. The maximum atomic E-state index is 12.8. The monoisotopic (exact) mass is 361 g/mol. The van der Waals surface area contributed by atoms with Crippen LogP contribution in [0.3, 0.4) is 0 Å². The van der Waals surface area contributed by atoms with Gasteiger partial charge in [-0.25, -0.2) is 0 Å². The van der Waals surface area contributed by atoms with E-state index in [4.69, 9.17) is 9.57 Å². The number of rotatable bonds is 7. The number of hydrogen-bond acceptors (Lipinski definition) is 6. The number of Topliss-reactive ketones (excluding diaryl/α,β-unsaturated/α-hetero) is 2. The van der Waals surface area contributed by atoms with E-state index in [1.807, 2.05) is 13.0 Å². The van der Waals surface area contributed by atoms with Gasteiger partial charge in [-0.3, -0.25) is 14.4 Å². The van der Waals surface area contributed by atoms with Crippen molar-refractivity contribution < 1.29 is 24.0 Å². The third-order valence-corrected chi connectivity index (χ3v) is 5.23. The summed E-state index contributed by atoms with van der Waals surface area (Å²) < 4.78 is 4.99. The van der Waals surface area contributed by atoms with Crippen LogP contribution in [0.4, 0.5) is 0 Å². The zero-order chi connectivity index (χ0) is 19.3. The first-order chi connectivity index (χ1) is 12.3. The Balaban J connectivity index is 2.14. The zero-order valence-electron chi connectivity index (χ0n) is 16.0. The number of ether oxygens (including phenoxy) is 1. The molecule has 6 heteroatoms. The molecule has 0 bridgehead atoms. The van der Waals surface area contributed by atoms with E-state index in [-0.39, 0.29) is 30.4 Å². The van der Waals surface area contributed by atoms with Gasteiger partial charge in [0.15, 0.2) is 5.78 Å². The lowest BCUT2D eigenvalue weighted by Crippen LogP contribution is -2.45. The molecule has 0 radical (unpaired) electrons. The summed E-state index contributed by atoms with van der Waals surface area (Å²) in [6.07, 6.45) is 1.39. The van der Waals surface area contributed by atoms with Crippen LogP contribution in [0.2, 0.25) is 0 Å². The first kappa shape index (κ1) is 20.3. The van der Waals surface area contributed by atoms with Gasteiger partial charge in [-0.05, 0) is 43.9 Å². The van der Waals surface area contributed by atoms with E-state index in [0.717, 1.165) is 11.1 Å². The molecule has 142 valence electrons. The molecule has 0 unspecified atom stereocenters. The standard InChI is InChI=1S/C20H27NO5/c1-14-5-6-16(15(2)22)11-17(14)12-18(23)13-20(19(24)25-3)7-9-21(26-4)10-8-20/h5-6,11H,7-10,12-13H2,1-4H3. The predicted octanol–water partition coefficient (Wildman–Crippen LogP) is 2.52. The smallest absolute Gasteiger partial charge is 0.312 e. The number of piperidine rings is 1. The number of hydroxylamine groups is 2. The Morgan fingerprint density at radius 2 is 1.81 bits per heavy atom. The minimum absolute atomic E-state index is 0.0231. The molecule has 2 rings (SSSR count). The zero-order valence-corrected chi connectivity index (χ0v) is 16.0. The van der Waals surface area contributed by atoms with Crippen molar-refractivity contribution in [2.24, 2.45) is 5.41 Å². The van der Waals surface area contributed by atoms with Crippen LogP contribution in [0.1, 0.15) is 47.7 Å². The minimum Gasteiger partial charge on any atom is -0.469 e. The molecule has 0 amide bonds. The molecular formula is C20H27NO5. The summed E-state index contributed by atoms with van der Waals surface area (Å²) in [5.74, 6) is -0.391. The minimum atomic E-state index is -0.799. The van der Waals surface area contributed by atoms with Crippen LogP contribution in [-0.4, -0.2) is 49.9 Å². The second kappa shape index (κ2) is 8.56. The SMILES string of the molecule is COC(=O)C1(CC(=O)Cc2cc(C(C)=O)ccc2C)CCN(OC)CC1. The molecule has 1 fully saturated rings. The number of aryl methyl sites for hydroxylation is 1. The van der Waals surface area contributed by atoms with Crippen molar-refractivity contribution in [1.82, 2.24) is 5.06 Å². The van der Waals surface area contributed by atoms with E-state index in [9.17, 15) is 14.4 Å². The molecule has 1 heterocycles. The lowest BCUT2D eigenvalue weighted by molar-refractivity contribution is -0.179. The summed E-state index contributed by atoms with van der Waals surface area (Å²) in [7, 11) is 2.96. The number of methoxy groups -OCH3 is 1. The molecule has 1 aliphatic heterocycles. The molecular weight excluding hydrogens is 334 g/mol. The summed E-state index contributed by atoms with van der Waals surface area (Å²) in [6.45, 7) is 4.58. The van der Waals surface area contributed by atoms with E-state index < -0.39 is 5.41 Å². The maximum Gasteiger partial charge on any atom is 0.312 e. The number of esters is 1. The number of carbonyl (C=O) groups excluding carboxylic acids is 3. The average molecular weight is 361 g/mol. The van der Waals surface area contributed by atoms with E-state index in [1.54, 1.807) is 24.3 Å². The van der Waals surface area contributed by atoms with Crippen molar-refractivity contribution >= 4 is 17.5 Å². The van der Waals surface area contributed by atoms with Crippen molar-refractivity contribution in [2.45, 2.75) is 39.5 Å². The molecule has 0 saturated carbocycles. The third kappa shape index (κ3) is 4.56. The van der Waals surface area contributed by atoms with Gasteiger partial charge >= 0.3 is 5.97 Å². The average Bonchev–Trinajstić information content (AvgIpc) is 2.63. The van der Waals surface area contributed by atoms with Crippen molar-refractivity contribution in [3.05, 3.63) is 34.9 Å². The van der Waals surface area contributed by atoms with Crippen molar-refractivity contribution in [2.75, 3.05) is 27.3 Å². The fourth-order valence-corrected chi connectivity index (χ4v) is 3.50. The fraction of sp³-hybridized carbons (Fsp3) is 0.550. The van der Waals surface area contributed by atoms with E-state index in [0.29, 0.717) is 31.5 Å². The van der Waals surface area contributed by atoms with Crippen molar-refractivity contribution in [1.29, 1.82) is 0 Å². The summed E-state index contributed by atoms with van der Waals surface area (Å²) in [4.78, 5) is 42.0. The molecule has 0 aliphatic carbocycles. The highest BCUT2D eigenvalue weighted by molar-refractivity contribution is 5.95. The normalized spacial score (nSPS) is 16.9. The molecule has 0 N–H and O–H groups in total. The molecule has 1 aromatic rings. The number of carbonyl (C=O) groups is 3. The Kier molecular flexibility index (Phi) is 6.67. The number of nitrogens with zero attached hydrogens (tertiary/aromatic N) is 1. The molecule has 1 aromatic carbocycles. The van der Waals surface area contributed by atoms with Gasteiger partial charge in [-0.1, -0.05) is 12.1 Å². The highest BCUT2D eigenvalue weighted by Crippen LogP contribution is 2.37. The van der Waals surface area contributed by atoms with Crippen molar-refractivity contribution in [3.8, 4) is 0 Å². The number of benzene rings is 1. The summed E-state index contributed by atoms with van der Waals surface area (Å²) in [6, 6.07) is 5.39. The van der Waals surface area contributed by atoms with Crippen LogP contribution in [-0.2, 0) is 25.6 Å². The van der Waals surface area contributed by atoms with Crippen LogP contribution in [0, 0.1) is 12.3 Å². The predicted molar refractivity (Wildman–Crippen MR) is 96.8 cm³/mol. The lowest BCUT2D eigenvalue weighted by Gasteiger charge is -2.38. The number of ketones is 2. The van der Waals surface area contributed by atoms with E-state index in [2.05, 4.69) is 0 Å². The molecule has 0 aromatic heterocycles. The first-order valence-electron chi connectivity index (χ1n) is 8.81. The Labute approximate surface area is 154 Å². The topological polar surface area (TPSA) is 72.9 Å². The summed E-state index contributed by atoms with van der Waals surface area (Å²) in [5, 5.41) is 1.78. The second-order valence-corrected chi connectivity index (χ2v) is 6.97. The van der Waals surface area contributed by atoms with Gasteiger partial charge in [0.2, 0.25) is 0 Å². The largest absolute Gasteiger partial charge is 0.469 e. The van der Waals surface area contributed by atoms with Gasteiger partial charge in [-0.2, -0.15) is 5.06 Å². The van der Waals surface area contributed by atoms with Crippen LogP contribution < -0.4 is 0 Å². The Hall–Kier alpha value is -2.05. The van der Waals surface area contributed by atoms with Crippen molar-refractivity contribution in [3.63, 3.8) is 0 Å². The van der Waals surface area contributed by atoms with Crippen LogP contribution in [0.5, 0.6) is 0 Å². The first-order valence-corrected chi connectivity index (χ1v) is 8.81. The lowest BCUT2D eigenvalue weighted by atomic mass is 9.74. The van der Waals surface area contributed by atoms with Gasteiger partial charge in [0.1, 0.15) is 5.78 Å². The van der Waals surface area contributed by atoms with E-state index >= 15 is 0 Å². The maximum absolute atomic E-state index is 12.8.